The number of carbonyl (C=O) groups is 1. The molecule has 9 nitrogen and oxygen atoms in total. The molecule has 2 heterocycles. The van der Waals surface area contributed by atoms with E-state index in [0.29, 0.717) is 33.4 Å². The molecule has 3 aromatic rings. The third-order valence-electron chi connectivity index (χ3n) is 5.76. The summed E-state index contributed by atoms with van der Waals surface area (Å²) >= 11 is 12.1. The SMILES string of the molecule is CNS(=O)(=O)O[C@@H]1C[C@H](Nc2ccncc2C(=O)c2ccn(Cc3ccc(Cl)c(Cl)c3)c2)C[C@@H]1O. The number of nitrogens with one attached hydrogen (secondary N) is 2. The minimum absolute atomic E-state index is 0.224. The molecule has 4 rings (SSSR count). The van der Waals surface area contributed by atoms with Gasteiger partial charge >= 0.3 is 10.3 Å². The van der Waals surface area contributed by atoms with E-state index in [1.54, 1.807) is 42.9 Å². The molecule has 0 amide bonds. The van der Waals surface area contributed by atoms with Gasteiger partial charge in [-0.3, -0.25) is 14.0 Å². The van der Waals surface area contributed by atoms with Crippen molar-refractivity contribution in [3.8, 4) is 0 Å². The number of anilines is 1. The van der Waals surface area contributed by atoms with Gasteiger partial charge in [0.1, 0.15) is 6.10 Å². The lowest BCUT2D eigenvalue weighted by Crippen LogP contribution is -2.31. The van der Waals surface area contributed by atoms with Gasteiger partial charge in [-0.2, -0.15) is 13.1 Å². The van der Waals surface area contributed by atoms with Crippen LogP contribution in [0.5, 0.6) is 0 Å². The number of aliphatic hydroxyl groups is 1. The van der Waals surface area contributed by atoms with Crippen molar-refractivity contribution in [1.29, 1.82) is 0 Å². The summed E-state index contributed by atoms with van der Waals surface area (Å²) in [6.45, 7) is 0.513. The Hall–Kier alpha value is -2.47. The van der Waals surface area contributed by atoms with Crippen LogP contribution in [-0.4, -0.2) is 54.2 Å². The lowest BCUT2D eigenvalue weighted by Gasteiger charge is -2.16. The van der Waals surface area contributed by atoms with E-state index < -0.39 is 22.5 Å². The molecular formula is C23H24Cl2N4O5S. The van der Waals surface area contributed by atoms with E-state index in [1.807, 2.05) is 10.6 Å². The number of carbonyl (C=O) groups excluding carboxylic acids is 1. The number of halogens is 2. The number of hydrogen-bond acceptors (Lipinski definition) is 7. The monoisotopic (exact) mass is 538 g/mol. The van der Waals surface area contributed by atoms with Crippen molar-refractivity contribution < 1.29 is 22.5 Å². The Morgan fingerprint density at radius 3 is 2.77 bits per heavy atom. The summed E-state index contributed by atoms with van der Waals surface area (Å²) in [6, 6.07) is 8.48. The van der Waals surface area contributed by atoms with Crippen LogP contribution >= 0.6 is 23.2 Å². The van der Waals surface area contributed by atoms with Crippen LogP contribution in [0.3, 0.4) is 0 Å². The molecule has 1 saturated carbocycles. The number of rotatable bonds is 9. The van der Waals surface area contributed by atoms with Crippen LogP contribution in [0.2, 0.25) is 10.0 Å². The van der Waals surface area contributed by atoms with Crippen molar-refractivity contribution in [3.63, 3.8) is 0 Å². The molecule has 0 spiro atoms. The highest BCUT2D eigenvalue weighted by Gasteiger charge is 2.37. The highest BCUT2D eigenvalue weighted by molar-refractivity contribution is 7.84. The number of aromatic nitrogens is 2. The minimum Gasteiger partial charge on any atom is -0.390 e. The zero-order valence-corrected chi connectivity index (χ0v) is 21.0. The molecule has 0 bridgehead atoms. The van der Waals surface area contributed by atoms with E-state index in [1.165, 1.54) is 13.2 Å². The largest absolute Gasteiger partial charge is 0.390 e. The summed E-state index contributed by atoms with van der Waals surface area (Å²) in [7, 11) is -2.70. The Balaban J connectivity index is 1.46. The fourth-order valence-corrected chi connectivity index (χ4v) is 4.96. The normalized spacial score (nSPS) is 20.2. The molecular weight excluding hydrogens is 515 g/mol. The van der Waals surface area contributed by atoms with E-state index in [-0.39, 0.29) is 24.7 Å². The first-order chi connectivity index (χ1) is 16.6. The van der Waals surface area contributed by atoms with E-state index in [9.17, 15) is 18.3 Å². The molecule has 1 fully saturated rings. The highest BCUT2D eigenvalue weighted by Crippen LogP contribution is 2.29. The van der Waals surface area contributed by atoms with Gasteiger partial charge in [0, 0.05) is 55.7 Å². The van der Waals surface area contributed by atoms with E-state index in [4.69, 9.17) is 27.4 Å². The van der Waals surface area contributed by atoms with Crippen LogP contribution in [0.4, 0.5) is 5.69 Å². The maximum atomic E-state index is 13.3. The number of aliphatic hydroxyl groups excluding tert-OH is 1. The number of nitrogens with zero attached hydrogens (tertiary/aromatic N) is 2. The van der Waals surface area contributed by atoms with Crippen molar-refractivity contribution in [2.75, 3.05) is 12.4 Å². The lowest BCUT2D eigenvalue weighted by molar-refractivity contribution is 0.0636. The zero-order valence-electron chi connectivity index (χ0n) is 18.7. The fraction of sp³-hybridized carbons (Fsp3) is 0.304. The predicted molar refractivity (Wildman–Crippen MR) is 133 cm³/mol. The molecule has 12 heteroatoms. The van der Waals surface area contributed by atoms with Gasteiger partial charge in [-0.05, 0) is 42.7 Å². The Morgan fingerprint density at radius 2 is 2.03 bits per heavy atom. The molecule has 1 aliphatic rings. The Bertz CT molecular complexity index is 1330. The first-order valence-corrected chi connectivity index (χ1v) is 13.0. The summed E-state index contributed by atoms with van der Waals surface area (Å²) in [5, 5.41) is 14.4. The molecule has 1 aromatic carbocycles. The van der Waals surface area contributed by atoms with Gasteiger partial charge in [0.15, 0.2) is 5.78 Å². The third-order valence-corrected chi connectivity index (χ3v) is 7.50. The minimum atomic E-state index is -3.93. The third kappa shape index (κ3) is 6.21. The van der Waals surface area contributed by atoms with Crippen molar-refractivity contribution in [1.82, 2.24) is 14.3 Å². The molecule has 35 heavy (non-hydrogen) atoms. The van der Waals surface area contributed by atoms with Crippen molar-refractivity contribution >= 4 is 45.0 Å². The van der Waals surface area contributed by atoms with Crippen LogP contribution in [0, 0.1) is 0 Å². The second-order valence-corrected chi connectivity index (χ2v) is 10.6. The zero-order chi connectivity index (χ0) is 25.2. The molecule has 3 atom stereocenters. The van der Waals surface area contributed by atoms with E-state index in [0.717, 1.165) is 5.56 Å². The molecule has 0 aliphatic heterocycles. The second-order valence-electron chi connectivity index (χ2n) is 8.24. The topological polar surface area (TPSA) is 123 Å². The Labute approximate surface area is 213 Å². The van der Waals surface area contributed by atoms with Crippen molar-refractivity contribution in [3.05, 3.63) is 81.9 Å². The molecule has 0 saturated heterocycles. The molecule has 3 N–H and O–H groups in total. The summed E-state index contributed by atoms with van der Waals surface area (Å²) in [6.07, 6.45) is 5.24. The molecule has 186 valence electrons. The number of ketones is 1. The molecule has 1 aliphatic carbocycles. The van der Waals surface area contributed by atoms with Gasteiger partial charge < -0.3 is 15.0 Å². The van der Waals surface area contributed by atoms with Gasteiger partial charge in [0.2, 0.25) is 0 Å². The highest BCUT2D eigenvalue weighted by atomic mass is 35.5. The number of hydrogen-bond donors (Lipinski definition) is 3. The van der Waals surface area contributed by atoms with Gasteiger partial charge in [0.05, 0.1) is 21.7 Å². The maximum Gasteiger partial charge on any atom is 0.335 e. The smallest absolute Gasteiger partial charge is 0.335 e. The number of pyridine rings is 1. The van der Waals surface area contributed by atoms with Gasteiger partial charge in [0.25, 0.3) is 0 Å². The van der Waals surface area contributed by atoms with E-state index in [2.05, 4.69) is 15.0 Å². The van der Waals surface area contributed by atoms with Crippen LogP contribution in [0.1, 0.15) is 34.3 Å². The maximum absolute atomic E-state index is 13.3. The molecule has 0 unspecified atom stereocenters. The van der Waals surface area contributed by atoms with E-state index >= 15 is 0 Å². The Morgan fingerprint density at radius 1 is 1.23 bits per heavy atom. The summed E-state index contributed by atoms with van der Waals surface area (Å²) in [5.74, 6) is -0.224. The van der Waals surface area contributed by atoms with Crippen molar-refractivity contribution in [2.45, 2.75) is 37.6 Å². The first-order valence-electron chi connectivity index (χ1n) is 10.8. The second kappa shape index (κ2) is 10.7. The van der Waals surface area contributed by atoms with Crippen LogP contribution < -0.4 is 10.0 Å². The predicted octanol–water partition coefficient (Wildman–Crippen LogP) is 3.25. The average Bonchev–Trinajstić information content (AvgIpc) is 3.42. The van der Waals surface area contributed by atoms with Crippen LogP contribution in [0.15, 0.2) is 55.1 Å². The summed E-state index contributed by atoms with van der Waals surface area (Å²) in [5.41, 5.74) is 2.32. The number of benzene rings is 1. The Kier molecular flexibility index (Phi) is 7.80. The van der Waals surface area contributed by atoms with Gasteiger partial charge in [-0.15, -0.1) is 0 Å². The molecule has 2 aromatic heterocycles. The lowest BCUT2D eigenvalue weighted by atomic mass is 10.1. The molecule has 0 radical (unpaired) electrons. The van der Waals surface area contributed by atoms with Crippen molar-refractivity contribution in [2.24, 2.45) is 0 Å². The quantitative estimate of drug-likeness (QED) is 0.357. The van der Waals surface area contributed by atoms with Gasteiger partial charge in [-0.25, -0.2) is 0 Å². The first kappa shape index (κ1) is 25.6. The summed E-state index contributed by atoms with van der Waals surface area (Å²) < 4.78 is 32.3. The average molecular weight is 539 g/mol. The fourth-order valence-electron chi connectivity index (χ4n) is 4.01. The van der Waals surface area contributed by atoms with Crippen LogP contribution in [0.25, 0.3) is 0 Å². The summed E-state index contributed by atoms with van der Waals surface area (Å²) in [4.78, 5) is 17.4. The standard InChI is InChI=1S/C23H24Cl2N4O5S/c1-26-35(32,33)34-22-10-16(9-21(22)30)28-20-4-6-27-11-17(20)23(31)15-5-7-29(13-15)12-14-2-3-18(24)19(25)8-14/h2-8,11,13,16,21-22,26,30H,9-10,12H2,1H3,(H,27,28)/t16-,21+,22-/m1/s1. The van der Waals surface area contributed by atoms with Crippen LogP contribution in [-0.2, 0) is 21.0 Å². The van der Waals surface area contributed by atoms with Gasteiger partial charge in [-0.1, -0.05) is 29.3 Å².